The second-order valence-electron chi connectivity index (χ2n) is 4.96. The molecule has 1 atom stereocenters. The second-order valence-corrected chi connectivity index (χ2v) is 5.52. The van der Waals surface area contributed by atoms with Crippen LogP contribution in [0.2, 0.25) is 0 Å². The Morgan fingerprint density at radius 3 is 2.16 bits per heavy atom. The van der Waals surface area contributed by atoms with E-state index in [9.17, 15) is 14.7 Å². The zero-order chi connectivity index (χ0) is 14.7. The zero-order valence-corrected chi connectivity index (χ0v) is 11.7. The number of carboxylic acids is 1. The van der Waals surface area contributed by atoms with E-state index in [2.05, 4.69) is 5.32 Å². The predicted molar refractivity (Wildman–Crippen MR) is 71.0 cm³/mol. The van der Waals surface area contributed by atoms with Crippen molar-refractivity contribution < 1.29 is 19.4 Å². The van der Waals surface area contributed by atoms with Gasteiger partial charge in [0.2, 0.25) is 5.00 Å². The maximum absolute atomic E-state index is 11.7. The lowest BCUT2D eigenvalue weighted by Crippen LogP contribution is -2.49. The Hall–Kier alpha value is -1.75. The van der Waals surface area contributed by atoms with Crippen molar-refractivity contribution >= 4 is 23.7 Å². The first-order valence-electron chi connectivity index (χ1n) is 5.64. The summed E-state index contributed by atoms with van der Waals surface area (Å²) in [5.74, 6) is -1.38. The van der Waals surface area contributed by atoms with Crippen molar-refractivity contribution in [2.45, 2.75) is 31.4 Å². The van der Waals surface area contributed by atoms with Gasteiger partial charge in [-0.1, -0.05) is 41.9 Å². The summed E-state index contributed by atoms with van der Waals surface area (Å²) < 4.78 is 5.01. The largest absolute Gasteiger partial charge is 0.478 e. The summed E-state index contributed by atoms with van der Waals surface area (Å²) in [5, 5.41) is 11.4. The Balaban J connectivity index is 2.97. The molecule has 2 N–H and O–H groups in total. The number of alkyl halides is 1. The molecule has 0 aromatic heterocycles. The molecule has 1 amide bonds. The van der Waals surface area contributed by atoms with E-state index in [4.69, 9.17) is 16.3 Å². The Morgan fingerprint density at radius 2 is 1.74 bits per heavy atom. The standard InChI is InChI=1S/C13H16ClNO4/c1-12(2,3)19-11(18)15-13(14,10(16)17)9-7-5-4-6-8-9/h4-8H,1-3H3,(H,15,18)(H,16,17). The van der Waals surface area contributed by atoms with Crippen LogP contribution in [0.1, 0.15) is 26.3 Å². The molecular formula is C13H16ClNO4. The molecule has 5 nitrogen and oxygen atoms in total. The van der Waals surface area contributed by atoms with Crippen LogP contribution in [0.5, 0.6) is 0 Å². The third kappa shape index (κ3) is 4.13. The highest BCUT2D eigenvalue weighted by molar-refractivity contribution is 6.34. The Bertz CT molecular complexity index is 469. The van der Waals surface area contributed by atoms with Gasteiger partial charge in [-0.3, -0.25) is 5.32 Å². The minimum atomic E-state index is -2.05. The number of aliphatic carboxylic acids is 1. The number of halogens is 1. The molecule has 1 unspecified atom stereocenters. The van der Waals surface area contributed by atoms with Crippen molar-refractivity contribution in [2.24, 2.45) is 0 Å². The maximum Gasteiger partial charge on any atom is 0.409 e. The topological polar surface area (TPSA) is 75.6 Å². The molecule has 0 aliphatic heterocycles. The van der Waals surface area contributed by atoms with Gasteiger partial charge in [0.1, 0.15) is 5.60 Å². The van der Waals surface area contributed by atoms with Crippen LogP contribution >= 0.6 is 11.6 Å². The molecule has 0 spiro atoms. The quantitative estimate of drug-likeness (QED) is 0.661. The second kappa shape index (κ2) is 5.48. The van der Waals surface area contributed by atoms with Crippen LogP contribution in [0.4, 0.5) is 4.79 Å². The van der Waals surface area contributed by atoms with Crippen molar-refractivity contribution in [3.05, 3.63) is 35.9 Å². The number of rotatable bonds is 3. The molecule has 0 bridgehead atoms. The molecule has 0 radical (unpaired) electrons. The molecule has 0 saturated heterocycles. The smallest absolute Gasteiger partial charge is 0.409 e. The van der Waals surface area contributed by atoms with Crippen LogP contribution in [0.3, 0.4) is 0 Å². The molecule has 0 fully saturated rings. The van der Waals surface area contributed by atoms with Crippen LogP contribution in [0.15, 0.2) is 30.3 Å². The van der Waals surface area contributed by atoms with E-state index < -0.39 is 22.7 Å². The van der Waals surface area contributed by atoms with Gasteiger partial charge >= 0.3 is 12.1 Å². The van der Waals surface area contributed by atoms with Crippen molar-refractivity contribution in [2.75, 3.05) is 0 Å². The van der Waals surface area contributed by atoms with E-state index >= 15 is 0 Å². The molecule has 104 valence electrons. The molecule has 0 saturated carbocycles. The van der Waals surface area contributed by atoms with Crippen LogP contribution in [-0.4, -0.2) is 22.8 Å². The molecule has 6 heteroatoms. The van der Waals surface area contributed by atoms with Gasteiger partial charge in [0.15, 0.2) is 0 Å². The molecular weight excluding hydrogens is 270 g/mol. The molecule has 0 heterocycles. The van der Waals surface area contributed by atoms with E-state index in [-0.39, 0.29) is 5.56 Å². The van der Waals surface area contributed by atoms with Crippen LogP contribution in [-0.2, 0) is 14.5 Å². The van der Waals surface area contributed by atoms with E-state index in [1.54, 1.807) is 39.0 Å². The summed E-state index contributed by atoms with van der Waals surface area (Å²) in [7, 11) is 0. The average Bonchev–Trinajstić information content (AvgIpc) is 2.27. The highest BCUT2D eigenvalue weighted by atomic mass is 35.5. The average molecular weight is 286 g/mol. The predicted octanol–water partition coefficient (Wildman–Crippen LogP) is 2.69. The molecule has 19 heavy (non-hydrogen) atoms. The fourth-order valence-electron chi connectivity index (χ4n) is 1.36. The molecule has 1 rings (SSSR count). The lowest BCUT2D eigenvalue weighted by molar-refractivity contribution is -0.141. The minimum Gasteiger partial charge on any atom is -0.478 e. The number of hydrogen-bond acceptors (Lipinski definition) is 3. The first-order chi connectivity index (χ1) is 8.65. The monoisotopic (exact) mass is 285 g/mol. The zero-order valence-electron chi connectivity index (χ0n) is 10.9. The number of carbonyl (C=O) groups is 2. The van der Waals surface area contributed by atoms with Gasteiger partial charge in [-0.25, -0.2) is 9.59 Å². The highest BCUT2D eigenvalue weighted by Gasteiger charge is 2.41. The molecule has 1 aromatic rings. The third-order valence-electron chi connectivity index (χ3n) is 2.14. The first kappa shape index (κ1) is 15.3. The van der Waals surface area contributed by atoms with E-state index in [1.807, 2.05) is 0 Å². The van der Waals surface area contributed by atoms with Gasteiger partial charge in [-0.2, -0.15) is 0 Å². The van der Waals surface area contributed by atoms with Crippen LogP contribution in [0, 0.1) is 0 Å². The first-order valence-corrected chi connectivity index (χ1v) is 6.02. The summed E-state index contributed by atoms with van der Waals surface area (Å²) in [5.41, 5.74) is -0.494. The lowest BCUT2D eigenvalue weighted by atomic mass is 10.1. The maximum atomic E-state index is 11.7. The van der Waals surface area contributed by atoms with Crippen LogP contribution < -0.4 is 5.32 Å². The number of ether oxygens (including phenoxy) is 1. The number of hydrogen-bond donors (Lipinski definition) is 2. The number of amides is 1. The van der Waals surface area contributed by atoms with Crippen molar-refractivity contribution in [3.63, 3.8) is 0 Å². The van der Waals surface area contributed by atoms with Crippen LogP contribution in [0.25, 0.3) is 0 Å². The lowest BCUT2D eigenvalue weighted by Gasteiger charge is -2.26. The fraction of sp³-hybridized carbons (Fsp3) is 0.385. The number of carboxylic acid groups (broad SMARTS) is 1. The number of alkyl carbamates (subject to hydrolysis) is 1. The van der Waals surface area contributed by atoms with Crippen molar-refractivity contribution in [3.8, 4) is 0 Å². The number of nitrogens with one attached hydrogen (secondary N) is 1. The van der Waals surface area contributed by atoms with Gasteiger partial charge in [-0.05, 0) is 20.8 Å². The van der Waals surface area contributed by atoms with Crippen molar-refractivity contribution in [1.82, 2.24) is 5.32 Å². The molecule has 0 aliphatic rings. The van der Waals surface area contributed by atoms with E-state index in [0.29, 0.717) is 0 Å². The normalized spacial score (nSPS) is 14.3. The Kier molecular flexibility index (Phi) is 4.42. The van der Waals surface area contributed by atoms with Gasteiger partial charge in [0.25, 0.3) is 0 Å². The van der Waals surface area contributed by atoms with Gasteiger partial charge in [0.05, 0.1) is 0 Å². The third-order valence-corrected chi connectivity index (χ3v) is 2.61. The van der Waals surface area contributed by atoms with Gasteiger partial charge in [0, 0.05) is 5.56 Å². The summed E-state index contributed by atoms with van der Waals surface area (Å²) in [4.78, 5) is 20.9. The summed E-state index contributed by atoms with van der Waals surface area (Å²) in [6.07, 6.45) is -0.895. The number of benzene rings is 1. The van der Waals surface area contributed by atoms with E-state index in [0.717, 1.165) is 0 Å². The summed E-state index contributed by atoms with van der Waals surface area (Å²) in [6.45, 7) is 5.02. The number of carbonyl (C=O) groups excluding carboxylic acids is 1. The van der Waals surface area contributed by atoms with Crippen molar-refractivity contribution in [1.29, 1.82) is 0 Å². The fourth-order valence-corrected chi connectivity index (χ4v) is 1.56. The SMILES string of the molecule is CC(C)(C)OC(=O)NC(Cl)(C(=O)O)c1ccccc1. The summed E-state index contributed by atoms with van der Waals surface area (Å²) >= 11 is 6.01. The Labute approximate surface area is 116 Å². The molecule has 0 aliphatic carbocycles. The molecule has 1 aromatic carbocycles. The van der Waals surface area contributed by atoms with Gasteiger partial charge in [-0.15, -0.1) is 0 Å². The van der Waals surface area contributed by atoms with Gasteiger partial charge < -0.3 is 9.84 Å². The van der Waals surface area contributed by atoms with E-state index in [1.165, 1.54) is 12.1 Å². The summed E-state index contributed by atoms with van der Waals surface area (Å²) in [6, 6.07) is 8.01. The Morgan fingerprint density at radius 1 is 1.21 bits per heavy atom. The minimum absolute atomic E-state index is 0.245. The highest BCUT2D eigenvalue weighted by Crippen LogP contribution is 2.27.